The lowest BCUT2D eigenvalue weighted by Gasteiger charge is -2.11. The van der Waals surface area contributed by atoms with E-state index in [4.69, 9.17) is 46.4 Å². The van der Waals surface area contributed by atoms with Crippen LogP contribution in [0.5, 0.6) is 0 Å². The molecule has 0 aliphatic rings. The second kappa shape index (κ2) is 6.96. The lowest BCUT2D eigenvalue weighted by atomic mass is 9.98. The molecule has 0 aliphatic heterocycles. The summed E-state index contributed by atoms with van der Waals surface area (Å²) in [6.45, 7) is 2.75. The van der Waals surface area contributed by atoms with Crippen molar-refractivity contribution in [3.05, 3.63) is 0 Å². The molecule has 0 atom stereocenters. The molecule has 0 rings (SSSR count). The minimum absolute atomic E-state index is 0.194. The molecule has 0 fully saturated rings. The smallest absolute Gasteiger partial charge is 0.235 e. The lowest BCUT2D eigenvalue weighted by Crippen LogP contribution is -2.26. The number of carbonyl (C=O) groups is 2. The van der Waals surface area contributed by atoms with E-state index in [1.807, 2.05) is 0 Å². The van der Waals surface area contributed by atoms with Crippen molar-refractivity contribution in [1.29, 1.82) is 0 Å². The number of carbonyl (C=O) groups excluding carboxylic acids is 2. The van der Waals surface area contributed by atoms with Crippen LogP contribution in [0.2, 0.25) is 0 Å². The molecule has 12 heavy (non-hydrogen) atoms. The monoisotopic (exact) mass is 252 g/mol. The van der Waals surface area contributed by atoms with Crippen molar-refractivity contribution in [2.24, 2.45) is 5.41 Å². The average Bonchev–Trinajstić information content (AvgIpc) is 1.88. The summed E-state index contributed by atoms with van der Waals surface area (Å²) in [6.07, 6.45) is 0. The number of halogens is 4. The van der Waals surface area contributed by atoms with Crippen molar-refractivity contribution >= 4 is 56.9 Å². The van der Waals surface area contributed by atoms with E-state index >= 15 is 0 Å². The van der Waals surface area contributed by atoms with Gasteiger partial charge in [0.15, 0.2) is 0 Å². The zero-order valence-electron chi connectivity index (χ0n) is 6.54. The van der Waals surface area contributed by atoms with Crippen LogP contribution in [0.3, 0.4) is 0 Å². The first-order valence-corrected chi connectivity index (χ1v) is 4.65. The van der Waals surface area contributed by atoms with Crippen LogP contribution in [0.25, 0.3) is 0 Å². The van der Waals surface area contributed by atoms with E-state index in [0.29, 0.717) is 0 Å². The van der Waals surface area contributed by atoms with E-state index in [1.54, 1.807) is 0 Å². The average molecular weight is 254 g/mol. The largest absolute Gasteiger partial charge is 0.280 e. The Balaban J connectivity index is 0. The minimum atomic E-state index is -1.25. The summed E-state index contributed by atoms with van der Waals surface area (Å²) < 4.78 is 0. The Bertz CT molecular complexity index is 151. The standard InChI is InChI=1S/C5H6Cl2O2.CH2Cl2/c1-5(2,3(6)8)4(7)9;2-1-3/h1-2H3;1H2. The van der Waals surface area contributed by atoms with Crippen molar-refractivity contribution < 1.29 is 9.59 Å². The Morgan fingerprint density at radius 3 is 1.25 bits per heavy atom. The highest BCUT2D eigenvalue weighted by molar-refractivity contribution is 6.74. The fourth-order valence-electron chi connectivity index (χ4n) is 0.0773. The van der Waals surface area contributed by atoms with Crippen LogP contribution in [0.1, 0.15) is 13.8 Å². The first-order chi connectivity index (χ1) is 5.30. The van der Waals surface area contributed by atoms with Gasteiger partial charge in [0.2, 0.25) is 10.5 Å². The van der Waals surface area contributed by atoms with Gasteiger partial charge in [-0.2, -0.15) is 0 Å². The molecule has 0 saturated carbocycles. The summed E-state index contributed by atoms with van der Waals surface area (Å²) in [4.78, 5) is 20.7. The lowest BCUT2D eigenvalue weighted by molar-refractivity contribution is -0.129. The molecule has 0 heterocycles. The Labute approximate surface area is 91.1 Å². The Hall–Kier alpha value is 0.500. The van der Waals surface area contributed by atoms with Gasteiger partial charge in [0.05, 0.1) is 5.34 Å². The molecule has 6 heteroatoms. The molecule has 0 unspecified atom stereocenters. The van der Waals surface area contributed by atoms with Crippen molar-refractivity contribution in [2.45, 2.75) is 13.8 Å². The molecule has 0 aromatic carbocycles. The van der Waals surface area contributed by atoms with Crippen LogP contribution in [-0.4, -0.2) is 15.8 Å². The molecule has 0 aromatic rings. The maximum Gasteiger partial charge on any atom is 0.235 e. The number of hydrogen-bond acceptors (Lipinski definition) is 2. The fraction of sp³-hybridized carbons (Fsp3) is 0.667. The molecule has 0 N–H and O–H groups in total. The summed E-state index contributed by atoms with van der Waals surface area (Å²) >= 11 is 19.6. The van der Waals surface area contributed by atoms with Crippen molar-refractivity contribution in [3.63, 3.8) is 0 Å². The van der Waals surface area contributed by atoms with Gasteiger partial charge >= 0.3 is 0 Å². The third-order valence-electron chi connectivity index (χ3n) is 0.983. The maximum absolute atomic E-state index is 10.4. The Morgan fingerprint density at radius 2 is 1.25 bits per heavy atom. The van der Waals surface area contributed by atoms with E-state index in [9.17, 15) is 9.59 Å². The topological polar surface area (TPSA) is 34.1 Å². The van der Waals surface area contributed by atoms with Gasteiger partial charge in [-0.1, -0.05) is 0 Å². The molecular weight excluding hydrogens is 246 g/mol. The summed E-state index contributed by atoms with van der Waals surface area (Å²) in [5.41, 5.74) is -1.25. The normalized spacial score (nSPS) is 9.83. The molecular formula is C6H8Cl4O2. The van der Waals surface area contributed by atoms with Crippen LogP contribution in [0.15, 0.2) is 0 Å². The third-order valence-corrected chi connectivity index (χ3v) is 1.93. The highest BCUT2D eigenvalue weighted by atomic mass is 35.5. The van der Waals surface area contributed by atoms with E-state index in [2.05, 4.69) is 0 Å². The quantitative estimate of drug-likeness (QED) is 0.431. The third kappa shape index (κ3) is 6.06. The molecule has 0 spiro atoms. The van der Waals surface area contributed by atoms with Gasteiger partial charge in [-0.25, -0.2) is 0 Å². The highest BCUT2D eigenvalue weighted by Gasteiger charge is 2.32. The predicted octanol–water partition coefficient (Wildman–Crippen LogP) is 2.96. The van der Waals surface area contributed by atoms with Crippen molar-refractivity contribution in [1.82, 2.24) is 0 Å². The van der Waals surface area contributed by atoms with Gasteiger partial charge in [-0.05, 0) is 37.0 Å². The van der Waals surface area contributed by atoms with Crippen LogP contribution in [0.4, 0.5) is 0 Å². The van der Waals surface area contributed by atoms with E-state index in [0.717, 1.165) is 0 Å². The van der Waals surface area contributed by atoms with Gasteiger partial charge in [0, 0.05) is 0 Å². The summed E-state index contributed by atoms with van der Waals surface area (Å²) in [5.74, 6) is 0. The van der Waals surface area contributed by atoms with E-state index < -0.39 is 15.9 Å². The Morgan fingerprint density at radius 1 is 1.08 bits per heavy atom. The fourth-order valence-corrected chi connectivity index (χ4v) is 0.297. The van der Waals surface area contributed by atoms with E-state index in [1.165, 1.54) is 13.8 Å². The predicted molar refractivity (Wildman–Crippen MR) is 52.1 cm³/mol. The van der Waals surface area contributed by atoms with Crippen LogP contribution >= 0.6 is 46.4 Å². The molecule has 0 radical (unpaired) electrons. The van der Waals surface area contributed by atoms with Gasteiger partial charge in [-0.15, -0.1) is 23.2 Å². The van der Waals surface area contributed by atoms with Crippen LogP contribution < -0.4 is 0 Å². The number of alkyl halides is 2. The van der Waals surface area contributed by atoms with Gasteiger partial charge in [-0.3, -0.25) is 9.59 Å². The van der Waals surface area contributed by atoms with Gasteiger partial charge < -0.3 is 0 Å². The first-order valence-electron chi connectivity index (χ1n) is 2.82. The first kappa shape index (κ1) is 15.0. The molecule has 72 valence electrons. The van der Waals surface area contributed by atoms with Crippen LogP contribution in [0, 0.1) is 5.41 Å². The number of rotatable bonds is 2. The second-order valence-corrected chi connectivity index (χ2v) is 3.77. The summed E-state index contributed by atoms with van der Waals surface area (Å²) in [5, 5.41) is -1.27. The summed E-state index contributed by atoms with van der Waals surface area (Å²) in [7, 11) is 0. The zero-order valence-corrected chi connectivity index (χ0v) is 9.56. The zero-order chi connectivity index (χ0) is 10.4. The molecule has 0 amide bonds. The minimum Gasteiger partial charge on any atom is -0.280 e. The van der Waals surface area contributed by atoms with Gasteiger partial charge in [0.25, 0.3) is 0 Å². The second-order valence-electron chi connectivity index (χ2n) is 2.27. The molecule has 2 nitrogen and oxygen atoms in total. The summed E-state index contributed by atoms with van der Waals surface area (Å²) in [6, 6.07) is 0. The van der Waals surface area contributed by atoms with Gasteiger partial charge in [0.1, 0.15) is 5.41 Å². The molecule has 0 saturated heterocycles. The van der Waals surface area contributed by atoms with Crippen molar-refractivity contribution in [3.8, 4) is 0 Å². The SMILES string of the molecule is CC(C)(C(=O)Cl)C(=O)Cl.ClCCl. The van der Waals surface area contributed by atoms with Crippen LogP contribution in [-0.2, 0) is 9.59 Å². The molecule has 0 aromatic heterocycles. The van der Waals surface area contributed by atoms with E-state index in [-0.39, 0.29) is 5.34 Å². The maximum atomic E-state index is 10.4. The Kier molecular flexibility index (Phi) is 8.69. The highest BCUT2D eigenvalue weighted by Crippen LogP contribution is 2.21. The molecule has 0 aliphatic carbocycles. The van der Waals surface area contributed by atoms with Crippen molar-refractivity contribution in [2.75, 3.05) is 5.34 Å². The number of hydrogen-bond donors (Lipinski definition) is 0. The molecule has 0 bridgehead atoms.